The molecule has 0 radical (unpaired) electrons. The zero-order chi connectivity index (χ0) is 13.2. The number of rotatable bonds is 4. The van der Waals surface area contributed by atoms with Crippen LogP contribution in [0.4, 0.5) is 0 Å². The monoisotopic (exact) mass is 288 g/mol. The van der Waals surface area contributed by atoms with Gasteiger partial charge in [0.25, 0.3) is 0 Å². The lowest BCUT2D eigenvalue weighted by Crippen LogP contribution is -2.15. The van der Waals surface area contributed by atoms with Crippen LogP contribution >= 0.6 is 22.9 Å². The van der Waals surface area contributed by atoms with Gasteiger partial charge in [0.1, 0.15) is 10.9 Å². The molecule has 2 aromatic rings. The van der Waals surface area contributed by atoms with E-state index in [0.29, 0.717) is 6.04 Å². The first kappa shape index (κ1) is 12.7. The minimum atomic E-state index is 0.673. The van der Waals surface area contributed by atoms with Crippen LogP contribution in [0.5, 0.6) is 0 Å². The molecule has 0 aliphatic heterocycles. The van der Waals surface area contributed by atoms with Crippen molar-refractivity contribution in [3.8, 4) is 16.5 Å². The van der Waals surface area contributed by atoms with Gasteiger partial charge in [-0.25, -0.2) is 0 Å². The van der Waals surface area contributed by atoms with Gasteiger partial charge in [0.15, 0.2) is 0 Å². The van der Waals surface area contributed by atoms with E-state index < -0.39 is 0 Å². The normalized spacial score (nSPS) is 14.3. The number of nitrogens with one attached hydrogen (secondary N) is 1. The molecule has 2 nitrogen and oxygen atoms in total. The summed E-state index contributed by atoms with van der Waals surface area (Å²) in [6.45, 7) is 0.813. The van der Waals surface area contributed by atoms with Crippen LogP contribution in [0.3, 0.4) is 0 Å². The Hall–Kier alpha value is -1.34. The molecule has 0 unspecified atom stereocenters. The molecule has 1 aromatic carbocycles. The number of benzene rings is 1. The molecule has 1 heterocycles. The van der Waals surface area contributed by atoms with Gasteiger partial charge in [0.05, 0.1) is 0 Å². The summed E-state index contributed by atoms with van der Waals surface area (Å²) in [7, 11) is 0. The van der Waals surface area contributed by atoms with E-state index in [2.05, 4.69) is 17.5 Å². The van der Waals surface area contributed by atoms with E-state index in [1.165, 1.54) is 24.2 Å². The molecule has 1 saturated carbocycles. The minimum absolute atomic E-state index is 0.673. The Bertz CT molecular complexity index is 638. The summed E-state index contributed by atoms with van der Waals surface area (Å²) in [5.74, 6) is 0. The lowest BCUT2D eigenvalue weighted by molar-refractivity contribution is 0.688. The van der Waals surface area contributed by atoms with Gasteiger partial charge in [-0.15, -0.1) is 11.3 Å². The van der Waals surface area contributed by atoms with Crippen molar-refractivity contribution >= 4 is 22.9 Å². The first-order valence-electron chi connectivity index (χ1n) is 6.28. The van der Waals surface area contributed by atoms with Gasteiger partial charge in [0.2, 0.25) is 0 Å². The molecule has 1 aromatic heterocycles. The van der Waals surface area contributed by atoms with Gasteiger partial charge >= 0.3 is 0 Å². The lowest BCUT2D eigenvalue weighted by atomic mass is 10.1. The Kier molecular flexibility index (Phi) is 3.56. The van der Waals surface area contributed by atoms with Gasteiger partial charge in [-0.3, -0.25) is 0 Å². The van der Waals surface area contributed by atoms with Crippen LogP contribution < -0.4 is 5.32 Å². The Morgan fingerprint density at radius 2 is 2.16 bits per heavy atom. The Balaban J connectivity index is 1.85. The smallest absolute Gasteiger partial charge is 0.110 e. The van der Waals surface area contributed by atoms with Gasteiger partial charge in [-0.2, -0.15) is 5.26 Å². The fourth-order valence-corrected chi connectivity index (χ4v) is 2.94. The fourth-order valence-electron chi connectivity index (χ4n) is 1.96. The van der Waals surface area contributed by atoms with Crippen LogP contribution in [0.1, 0.15) is 23.3 Å². The predicted molar refractivity (Wildman–Crippen MR) is 79.3 cm³/mol. The summed E-state index contributed by atoms with van der Waals surface area (Å²) < 4.78 is 0. The van der Waals surface area contributed by atoms with Crippen LogP contribution in [-0.2, 0) is 6.54 Å². The fraction of sp³-hybridized carbons (Fsp3) is 0.267. The number of nitrogens with zero attached hydrogens (tertiary/aromatic N) is 1. The van der Waals surface area contributed by atoms with Gasteiger partial charge in [-0.05, 0) is 48.2 Å². The molecule has 3 rings (SSSR count). The van der Waals surface area contributed by atoms with Crippen molar-refractivity contribution in [1.82, 2.24) is 5.32 Å². The topological polar surface area (TPSA) is 35.8 Å². The summed E-state index contributed by atoms with van der Waals surface area (Å²) >= 11 is 7.74. The van der Waals surface area contributed by atoms with E-state index in [1.54, 1.807) is 0 Å². The average molecular weight is 289 g/mol. The van der Waals surface area contributed by atoms with Gasteiger partial charge in [-0.1, -0.05) is 17.7 Å². The average Bonchev–Trinajstić information content (AvgIpc) is 3.13. The van der Waals surface area contributed by atoms with Crippen LogP contribution in [0, 0.1) is 11.3 Å². The maximum Gasteiger partial charge on any atom is 0.110 e. The Morgan fingerprint density at radius 1 is 1.32 bits per heavy atom. The molecule has 96 valence electrons. The maximum atomic E-state index is 8.88. The van der Waals surface area contributed by atoms with Crippen molar-refractivity contribution in [2.24, 2.45) is 0 Å². The van der Waals surface area contributed by atoms with Crippen LogP contribution in [0.2, 0.25) is 5.02 Å². The second-order valence-corrected chi connectivity index (χ2v) is 6.23. The highest BCUT2D eigenvalue weighted by molar-refractivity contribution is 7.16. The van der Waals surface area contributed by atoms with E-state index in [1.807, 2.05) is 24.3 Å². The number of nitriles is 1. The largest absolute Gasteiger partial charge is 0.310 e. The summed E-state index contributed by atoms with van der Waals surface area (Å²) in [5.41, 5.74) is 2.25. The van der Waals surface area contributed by atoms with Crippen LogP contribution in [-0.4, -0.2) is 6.04 Å². The van der Waals surface area contributed by atoms with E-state index in [4.69, 9.17) is 16.9 Å². The Labute approximate surface area is 121 Å². The second-order valence-electron chi connectivity index (χ2n) is 4.74. The highest BCUT2D eigenvalue weighted by Gasteiger charge is 2.20. The highest BCUT2D eigenvalue weighted by atomic mass is 35.5. The standard InChI is InChI=1S/C15H13ClN2S/c16-14-5-1-10(15-6-4-13(8-17)19-15)7-11(14)9-18-12-2-3-12/h1,4-7,12,18H,2-3,9H2. The summed E-state index contributed by atoms with van der Waals surface area (Å²) in [5, 5.41) is 13.2. The van der Waals surface area contributed by atoms with Crippen LogP contribution in [0.15, 0.2) is 30.3 Å². The van der Waals surface area contributed by atoms with Crippen molar-refractivity contribution in [3.63, 3.8) is 0 Å². The summed E-state index contributed by atoms with van der Waals surface area (Å²) in [6, 6.07) is 12.8. The second kappa shape index (κ2) is 5.34. The van der Waals surface area contributed by atoms with Crippen molar-refractivity contribution in [3.05, 3.63) is 45.8 Å². The lowest BCUT2D eigenvalue weighted by Gasteiger charge is -2.07. The van der Waals surface area contributed by atoms with Crippen molar-refractivity contribution in [1.29, 1.82) is 5.26 Å². The molecule has 19 heavy (non-hydrogen) atoms. The molecule has 0 saturated heterocycles. The molecule has 4 heteroatoms. The van der Waals surface area contributed by atoms with Gasteiger partial charge < -0.3 is 5.32 Å². The highest BCUT2D eigenvalue weighted by Crippen LogP contribution is 2.31. The molecule has 0 spiro atoms. The molecule has 1 N–H and O–H groups in total. The zero-order valence-electron chi connectivity index (χ0n) is 10.3. The number of hydrogen-bond acceptors (Lipinski definition) is 3. The SMILES string of the molecule is N#Cc1ccc(-c2ccc(Cl)c(CNC3CC3)c2)s1. The van der Waals surface area contributed by atoms with E-state index in [0.717, 1.165) is 32.4 Å². The zero-order valence-corrected chi connectivity index (χ0v) is 11.9. The molecular weight excluding hydrogens is 276 g/mol. The van der Waals surface area contributed by atoms with Crippen molar-refractivity contribution < 1.29 is 0 Å². The third-order valence-corrected chi connectivity index (χ3v) is 4.61. The van der Waals surface area contributed by atoms with Crippen molar-refractivity contribution in [2.75, 3.05) is 0 Å². The molecule has 1 fully saturated rings. The first-order chi connectivity index (χ1) is 9.26. The van der Waals surface area contributed by atoms with Crippen LogP contribution in [0.25, 0.3) is 10.4 Å². The number of hydrogen-bond donors (Lipinski definition) is 1. The minimum Gasteiger partial charge on any atom is -0.310 e. The molecular formula is C15H13ClN2S. The van der Waals surface area contributed by atoms with E-state index >= 15 is 0 Å². The molecule has 1 aliphatic carbocycles. The third kappa shape index (κ3) is 2.98. The van der Waals surface area contributed by atoms with Crippen molar-refractivity contribution in [2.45, 2.75) is 25.4 Å². The molecule has 1 aliphatic rings. The number of halogens is 1. The molecule has 0 atom stereocenters. The summed E-state index contributed by atoms with van der Waals surface area (Å²) in [6.07, 6.45) is 2.54. The van der Waals surface area contributed by atoms with Gasteiger partial charge in [0, 0.05) is 22.5 Å². The quantitative estimate of drug-likeness (QED) is 0.915. The number of thiophene rings is 1. The first-order valence-corrected chi connectivity index (χ1v) is 7.48. The Morgan fingerprint density at radius 3 is 2.84 bits per heavy atom. The maximum absolute atomic E-state index is 8.88. The summed E-state index contributed by atoms with van der Waals surface area (Å²) in [4.78, 5) is 1.85. The third-order valence-electron chi connectivity index (χ3n) is 3.20. The van der Waals surface area contributed by atoms with E-state index in [-0.39, 0.29) is 0 Å². The molecule has 0 bridgehead atoms. The predicted octanol–water partition coefficient (Wildman–Crippen LogP) is 4.19. The molecule has 0 amide bonds. The van der Waals surface area contributed by atoms with E-state index in [9.17, 15) is 0 Å².